The SMILES string of the molecule is Cc1ccc(-c2nnc(SCC(=O)N3CCC[C@H]3c3ccc4c(c3)OCCCO4)o2)cc1. The second-order valence-electron chi connectivity index (χ2n) is 8.03. The maximum atomic E-state index is 13.0. The van der Waals surface area contributed by atoms with Crippen molar-refractivity contribution in [3.63, 3.8) is 0 Å². The summed E-state index contributed by atoms with van der Waals surface area (Å²) in [4.78, 5) is 15.0. The van der Waals surface area contributed by atoms with Crippen LogP contribution in [0.2, 0.25) is 0 Å². The minimum atomic E-state index is 0.0473. The smallest absolute Gasteiger partial charge is 0.277 e. The molecule has 0 spiro atoms. The minimum absolute atomic E-state index is 0.0473. The van der Waals surface area contributed by atoms with Gasteiger partial charge in [0.15, 0.2) is 11.5 Å². The van der Waals surface area contributed by atoms with Crippen LogP contribution in [0.1, 0.15) is 36.4 Å². The third-order valence-corrected chi connectivity index (χ3v) is 6.56. The Morgan fingerprint density at radius 1 is 1.06 bits per heavy atom. The number of aryl methyl sites for hydroxylation is 1. The molecule has 0 unspecified atom stereocenters. The summed E-state index contributed by atoms with van der Waals surface area (Å²) >= 11 is 1.28. The number of amides is 1. The van der Waals surface area contributed by atoms with Crippen LogP contribution in [-0.2, 0) is 4.79 Å². The number of aromatic nitrogens is 2. The zero-order valence-corrected chi connectivity index (χ0v) is 18.8. The van der Waals surface area contributed by atoms with Crippen LogP contribution in [0.25, 0.3) is 11.5 Å². The molecule has 1 saturated heterocycles. The van der Waals surface area contributed by atoms with Gasteiger partial charge < -0.3 is 18.8 Å². The number of ether oxygens (including phenoxy) is 2. The van der Waals surface area contributed by atoms with Crippen molar-refractivity contribution in [2.24, 2.45) is 0 Å². The molecule has 7 nitrogen and oxygen atoms in total. The molecule has 8 heteroatoms. The number of thioether (sulfide) groups is 1. The maximum absolute atomic E-state index is 13.0. The van der Waals surface area contributed by atoms with E-state index < -0.39 is 0 Å². The Labute approximate surface area is 191 Å². The summed E-state index contributed by atoms with van der Waals surface area (Å²) in [6.45, 7) is 4.09. The topological polar surface area (TPSA) is 77.7 Å². The first-order chi connectivity index (χ1) is 15.7. The lowest BCUT2D eigenvalue weighted by Crippen LogP contribution is -2.32. The summed E-state index contributed by atoms with van der Waals surface area (Å²) in [5, 5.41) is 8.61. The monoisotopic (exact) mass is 451 g/mol. The molecule has 5 rings (SSSR count). The summed E-state index contributed by atoms with van der Waals surface area (Å²) in [5.41, 5.74) is 3.13. The highest BCUT2D eigenvalue weighted by Crippen LogP contribution is 2.38. The Kier molecular flexibility index (Phi) is 6.03. The van der Waals surface area contributed by atoms with Crippen LogP contribution in [0, 0.1) is 6.92 Å². The van der Waals surface area contributed by atoms with E-state index in [2.05, 4.69) is 10.2 Å². The van der Waals surface area contributed by atoms with Crippen molar-refractivity contribution in [3.05, 3.63) is 53.6 Å². The number of nitrogens with zero attached hydrogens (tertiary/aromatic N) is 3. The van der Waals surface area contributed by atoms with Gasteiger partial charge in [-0.25, -0.2) is 0 Å². The van der Waals surface area contributed by atoms with Gasteiger partial charge in [-0.05, 0) is 49.6 Å². The van der Waals surface area contributed by atoms with Gasteiger partial charge in [0.05, 0.1) is 25.0 Å². The van der Waals surface area contributed by atoms with E-state index in [1.807, 2.05) is 54.3 Å². The van der Waals surface area contributed by atoms with Crippen molar-refractivity contribution in [2.75, 3.05) is 25.5 Å². The van der Waals surface area contributed by atoms with Gasteiger partial charge in [-0.2, -0.15) is 0 Å². The van der Waals surface area contributed by atoms with Gasteiger partial charge in [-0.1, -0.05) is 35.5 Å². The summed E-state index contributed by atoms with van der Waals surface area (Å²) in [6.07, 6.45) is 2.79. The fourth-order valence-corrected chi connectivity index (χ4v) is 4.74. The van der Waals surface area contributed by atoms with Crippen molar-refractivity contribution in [3.8, 4) is 23.0 Å². The number of hydrogen-bond acceptors (Lipinski definition) is 7. The van der Waals surface area contributed by atoms with Crippen LogP contribution in [0.4, 0.5) is 0 Å². The molecule has 0 aliphatic carbocycles. The Hall–Kier alpha value is -3.00. The Balaban J connectivity index is 1.24. The number of likely N-dealkylation sites (tertiary alicyclic amines) is 1. The van der Waals surface area contributed by atoms with E-state index in [0.29, 0.717) is 24.3 Å². The van der Waals surface area contributed by atoms with Crippen LogP contribution in [0.5, 0.6) is 11.5 Å². The number of rotatable bonds is 5. The standard InChI is InChI=1S/C24H25N3O4S/c1-16-5-7-17(8-6-16)23-25-26-24(31-23)32-15-22(28)27-11-2-4-19(27)18-9-10-20-21(14-18)30-13-3-12-29-20/h5-10,14,19H,2-4,11-13,15H2,1H3/t19-/m0/s1. The number of benzene rings is 2. The summed E-state index contributed by atoms with van der Waals surface area (Å²) in [6, 6.07) is 14.0. The third-order valence-electron chi connectivity index (χ3n) is 5.75. The second-order valence-corrected chi connectivity index (χ2v) is 8.96. The second kappa shape index (κ2) is 9.24. The molecule has 0 saturated carbocycles. The van der Waals surface area contributed by atoms with E-state index in [-0.39, 0.29) is 17.7 Å². The molecule has 1 fully saturated rings. The fraction of sp³-hybridized carbons (Fsp3) is 0.375. The van der Waals surface area contributed by atoms with Gasteiger partial charge in [-0.3, -0.25) is 4.79 Å². The number of fused-ring (bicyclic) bond motifs is 1. The number of hydrogen-bond donors (Lipinski definition) is 0. The molecule has 2 aliphatic rings. The Morgan fingerprint density at radius 2 is 1.88 bits per heavy atom. The van der Waals surface area contributed by atoms with Crippen molar-refractivity contribution in [2.45, 2.75) is 37.5 Å². The average molecular weight is 452 g/mol. The van der Waals surface area contributed by atoms with Gasteiger partial charge in [0.1, 0.15) is 0 Å². The van der Waals surface area contributed by atoms with Crippen LogP contribution >= 0.6 is 11.8 Å². The van der Waals surface area contributed by atoms with Gasteiger partial charge in [0.25, 0.3) is 5.22 Å². The fourth-order valence-electron chi connectivity index (χ4n) is 4.09. The molecule has 2 aliphatic heterocycles. The molecule has 0 bridgehead atoms. The summed E-state index contributed by atoms with van der Waals surface area (Å²) < 4.78 is 17.3. The first kappa shape index (κ1) is 20.9. The highest BCUT2D eigenvalue weighted by molar-refractivity contribution is 7.99. The Bertz CT molecular complexity index is 1100. The quantitative estimate of drug-likeness (QED) is 0.522. The molecular formula is C24H25N3O4S. The van der Waals surface area contributed by atoms with Gasteiger partial charge >= 0.3 is 0 Å². The molecule has 1 atom stereocenters. The van der Waals surface area contributed by atoms with Crippen molar-refractivity contribution >= 4 is 17.7 Å². The zero-order chi connectivity index (χ0) is 21.9. The van der Waals surface area contributed by atoms with Crippen LogP contribution in [0.3, 0.4) is 0 Å². The van der Waals surface area contributed by atoms with Crippen LogP contribution < -0.4 is 9.47 Å². The first-order valence-corrected chi connectivity index (χ1v) is 11.9. The van der Waals surface area contributed by atoms with E-state index >= 15 is 0 Å². The largest absolute Gasteiger partial charge is 0.490 e. The molecule has 3 heterocycles. The lowest BCUT2D eigenvalue weighted by Gasteiger charge is -2.25. The van der Waals surface area contributed by atoms with Crippen molar-refractivity contribution in [1.29, 1.82) is 0 Å². The predicted octanol–water partition coefficient (Wildman–Crippen LogP) is 4.66. The van der Waals surface area contributed by atoms with Gasteiger partial charge in [0.2, 0.25) is 11.8 Å². The molecule has 0 radical (unpaired) electrons. The Morgan fingerprint density at radius 3 is 2.72 bits per heavy atom. The minimum Gasteiger partial charge on any atom is -0.490 e. The molecule has 1 aromatic heterocycles. The van der Waals surface area contributed by atoms with Crippen molar-refractivity contribution < 1.29 is 18.7 Å². The predicted molar refractivity (Wildman–Crippen MR) is 121 cm³/mol. The molecule has 166 valence electrons. The molecule has 3 aromatic rings. The highest BCUT2D eigenvalue weighted by Gasteiger charge is 2.31. The molecule has 1 amide bonds. The van der Waals surface area contributed by atoms with Gasteiger partial charge in [-0.15, -0.1) is 10.2 Å². The van der Waals surface area contributed by atoms with Crippen LogP contribution in [-0.4, -0.2) is 46.5 Å². The van der Waals surface area contributed by atoms with Gasteiger partial charge in [0, 0.05) is 18.5 Å². The highest BCUT2D eigenvalue weighted by atomic mass is 32.2. The van der Waals surface area contributed by atoms with E-state index in [1.54, 1.807) is 0 Å². The lowest BCUT2D eigenvalue weighted by atomic mass is 10.0. The molecule has 2 aromatic carbocycles. The third kappa shape index (κ3) is 4.46. The van der Waals surface area contributed by atoms with E-state index in [1.165, 1.54) is 17.3 Å². The number of carbonyl (C=O) groups is 1. The van der Waals surface area contributed by atoms with E-state index in [9.17, 15) is 4.79 Å². The zero-order valence-electron chi connectivity index (χ0n) is 18.0. The van der Waals surface area contributed by atoms with E-state index in [4.69, 9.17) is 13.9 Å². The normalized spacial score (nSPS) is 17.9. The lowest BCUT2D eigenvalue weighted by molar-refractivity contribution is -0.129. The van der Waals surface area contributed by atoms with Crippen molar-refractivity contribution in [1.82, 2.24) is 15.1 Å². The maximum Gasteiger partial charge on any atom is 0.277 e. The molecule has 32 heavy (non-hydrogen) atoms. The summed E-state index contributed by atoms with van der Waals surface area (Å²) in [5.74, 6) is 2.34. The molecule has 0 N–H and O–H groups in total. The van der Waals surface area contributed by atoms with Crippen LogP contribution in [0.15, 0.2) is 52.1 Å². The summed E-state index contributed by atoms with van der Waals surface area (Å²) in [7, 11) is 0. The van der Waals surface area contributed by atoms with E-state index in [0.717, 1.165) is 48.4 Å². The first-order valence-electron chi connectivity index (χ1n) is 10.9. The average Bonchev–Trinajstić information content (AvgIpc) is 3.43. The molecular weight excluding hydrogens is 426 g/mol. The number of carbonyl (C=O) groups excluding carboxylic acids is 1.